The third-order valence-electron chi connectivity index (χ3n) is 1.67. The lowest BCUT2D eigenvalue weighted by Crippen LogP contribution is -2.27. The lowest BCUT2D eigenvalue weighted by molar-refractivity contribution is 0.350. The standard InChI is InChI=1S/C8H13N.BF4/c1-3-9-7-5-4-6-8(9)2;2-1(3,4)5/h4-8H,3H2,1-2H3;/q;-1. The normalized spacial score (nSPS) is 20.4. The van der Waals surface area contributed by atoms with E-state index in [2.05, 4.69) is 43.2 Å². The summed E-state index contributed by atoms with van der Waals surface area (Å²) in [5, 5.41) is 0. The highest BCUT2D eigenvalue weighted by molar-refractivity contribution is 6.50. The highest BCUT2D eigenvalue weighted by atomic mass is 19.5. The molecule has 82 valence electrons. The number of rotatable bonds is 1. The number of allylic oxidation sites excluding steroid dienone is 2. The van der Waals surface area contributed by atoms with Crippen molar-refractivity contribution in [1.29, 1.82) is 0 Å². The van der Waals surface area contributed by atoms with Crippen LogP contribution in [-0.4, -0.2) is 24.7 Å². The van der Waals surface area contributed by atoms with Gasteiger partial charge in [-0.3, -0.25) is 0 Å². The Morgan fingerprint density at radius 1 is 1.21 bits per heavy atom. The Morgan fingerprint density at radius 2 is 1.71 bits per heavy atom. The molecule has 1 aliphatic heterocycles. The second-order valence-electron chi connectivity index (χ2n) is 2.79. The van der Waals surface area contributed by atoms with Crippen LogP contribution in [0.25, 0.3) is 0 Å². The van der Waals surface area contributed by atoms with Gasteiger partial charge >= 0.3 is 7.25 Å². The number of hydrogen-bond acceptors (Lipinski definition) is 1. The zero-order valence-electron chi connectivity index (χ0n) is 8.13. The molecule has 0 fully saturated rings. The van der Waals surface area contributed by atoms with Crippen LogP contribution in [0.4, 0.5) is 17.3 Å². The van der Waals surface area contributed by atoms with Gasteiger partial charge in [-0.2, -0.15) is 0 Å². The van der Waals surface area contributed by atoms with Crippen molar-refractivity contribution in [3.8, 4) is 0 Å². The lowest BCUT2D eigenvalue weighted by Gasteiger charge is -2.25. The summed E-state index contributed by atoms with van der Waals surface area (Å²) in [5.74, 6) is 0. The predicted octanol–water partition coefficient (Wildman–Crippen LogP) is 3.08. The van der Waals surface area contributed by atoms with Gasteiger partial charge in [0.15, 0.2) is 0 Å². The summed E-state index contributed by atoms with van der Waals surface area (Å²) in [7, 11) is -6.00. The molecule has 0 N–H and O–H groups in total. The van der Waals surface area contributed by atoms with Gasteiger partial charge in [-0.1, -0.05) is 12.2 Å². The van der Waals surface area contributed by atoms with E-state index in [0.717, 1.165) is 6.54 Å². The molecule has 1 unspecified atom stereocenters. The zero-order valence-corrected chi connectivity index (χ0v) is 8.13. The van der Waals surface area contributed by atoms with Crippen LogP contribution in [0.15, 0.2) is 24.4 Å². The summed E-state index contributed by atoms with van der Waals surface area (Å²) >= 11 is 0. The van der Waals surface area contributed by atoms with E-state index < -0.39 is 7.25 Å². The fourth-order valence-electron chi connectivity index (χ4n) is 1.02. The van der Waals surface area contributed by atoms with Crippen LogP contribution in [0.3, 0.4) is 0 Å². The summed E-state index contributed by atoms with van der Waals surface area (Å²) in [6.07, 6.45) is 8.49. The van der Waals surface area contributed by atoms with Gasteiger partial charge in [-0.15, -0.1) is 0 Å². The minimum Gasteiger partial charge on any atom is -0.418 e. The van der Waals surface area contributed by atoms with E-state index in [1.807, 2.05) is 0 Å². The van der Waals surface area contributed by atoms with E-state index in [4.69, 9.17) is 0 Å². The minimum absolute atomic E-state index is 0.583. The van der Waals surface area contributed by atoms with Gasteiger partial charge in [0.05, 0.1) is 0 Å². The molecule has 0 aromatic heterocycles. The molecule has 0 aromatic carbocycles. The van der Waals surface area contributed by atoms with Crippen LogP contribution < -0.4 is 0 Å². The number of halogens is 4. The van der Waals surface area contributed by atoms with E-state index in [-0.39, 0.29) is 0 Å². The fraction of sp³-hybridized carbons (Fsp3) is 0.500. The Bertz CT molecular complexity index is 206. The van der Waals surface area contributed by atoms with Crippen molar-refractivity contribution in [2.24, 2.45) is 0 Å². The molecule has 0 aromatic rings. The van der Waals surface area contributed by atoms with Gasteiger partial charge in [0.1, 0.15) is 0 Å². The Morgan fingerprint density at radius 3 is 2.00 bits per heavy atom. The average Bonchev–Trinajstić information content (AvgIpc) is 2.02. The molecule has 0 spiro atoms. The molecule has 0 radical (unpaired) electrons. The summed E-state index contributed by atoms with van der Waals surface area (Å²) in [6.45, 7) is 5.46. The lowest BCUT2D eigenvalue weighted by atomic mass is 10.2. The van der Waals surface area contributed by atoms with E-state index in [1.165, 1.54) is 0 Å². The Balaban J connectivity index is 0.000000292. The van der Waals surface area contributed by atoms with Crippen molar-refractivity contribution < 1.29 is 17.3 Å². The molecule has 1 heterocycles. The van der Waals surface area contributed by atoms with Crippen molar-refractivity contribution in [2.45, 2.75) is 19.9 Å². The zero-order chi connectivity index (χ0) is 11.2. The molecular formula is C8H13BF4N-. The molecular weight excluding hydrogens is 197 g/mol. The number of likely N-dealkylation sites (N-methyl/N-ethyl adjacent to an activating group) is 1. The van der Waals surface area contributed by atoms with Gasteiger partial charge in [0.2, 0.25) is 0 Å². The van der Waals surface area contributed by atoms with Crippen molar-refractivity contribution in [3.63, 3.8) is 0 Å². The maximum Gasteiger partial charge on any atom is 0.673 e. The van der Waals surface area contributed by atoms with Gasteiger partial charge in [0.25, 0.3) is 0 Å². The van der Waals surface area contributed by atoms with Crippen LogP contribution in [-0.2, 0) is 0 Å². The van der Waals surface area contributed by atoms with Gasteiger partial charge in [0, 0.05) is 12.6 Å². The van der Waals surface area contributed by atoms with Crippen LogP contribution in [0.2, 0.25) is 0 Å². The highest BCUT2D eigenvalue weighted by Crippen LogP contribution is 2.06. The Kier molecular flexibility index (Phi) is 5.34. The SMILES string of the molecule is CCN1C=CC=CC1C.F[B-](F)(F)F. The topological polar surface area (TPSA) is 3.24 Å². The van der Waals surface area contributed by atoms with Crippen molar-refractivity contribution >= 4 is 7.25 Å². The summed E-state index contributed by atoms with van der Waals surface area (Å²) in [4.78, 5) is 2.29. The highest BCUT2D eigenvalue weighted by Gasteiger charge is 2.20. The maximum atomic E-state index is 9.75. The Labute approximate surface area is 81.2 Å². The molecule has 14 heavy (non-hydrogen) atoms. The van der Waals surface area contributed by atoms with Crippen LogP contribution in [0, 0.1) is 0 Å². The van der Waals surface area contributed by atoms with E-state index in [1.54, 1.807) is 0 Å². The smallest absolute Gasteiger partial charge is 0.418 e. The number of hydrogen-bond donors (Lipinski definition) is 0. The monoisotopic (exact) mass is 210 g/mol. The van der Waals surface area contributed by atoms with Gasteiger partial charge in [-0.05, 0) is 26.1 Å². The summed E-state index contributed by atoms with van der Waals surface area (Å²) < 4.78 is 39.0. The van der Waals surface area contributed by atoms with E-state index >= 15 is 0 Å². The molecule has 0 amide bonds. The first-order valence-electron chi connectivity index (χ1n) is 4.32. The molecule has 0 bridgehead atoms. The summed E-state index contributed by atoms with van der Waals surface area (Å²) in [5.41, 5.74) is 0. The molecule has 1 nitrogen and oxygen atoms in total. The second kappa shape index (κ2) is 5.72. The molecule has 0 saturated heterocycles. The molecule has 1 atom stereocenters. The first kappa shape index (κ1) is 13.1. The molecule has 1 rings (SSSR count). The first-order chi connectivity index (χ1) is 6.34. The fourth-order valence-corrected chi connectivity index (χ4v) is 1.02. The molecule has 0 aliphatic carbocycles. The van der Waals surface area contributed by atoms with Gasteiger partial charge in [-0.25, -0.2) is 0 Å². The Hall–Kier alpha value is -0.935. The largest absolute Gasteiger partial charge is 0.673 e. The van der Waals surface area contributed by atoms with Crippen molar-refractivity contribution in [3.05, 3.63) is 24.4 Å². The molecule has 6 heteroatoms. The minimum atomic E-state index is -6.00. The van der Waals surface area contributed by atoms with Gasteiger partial charge < -0.3 is 22.2 Å². The molecule has 1 aliphatic rings. The van der Waals surface area contributed by atoms with Crippen molar-refractivity contribution in [2.75, 3.05) is 6.54 Å². The van der Waals surface area contributed by atoms with Crippen LogP contribution in [0.1, 0.15) is 13.8 Å². The van der Waals surface area contributed by atoms with E-state index in [0.29, 0.717) is 6.04 Å². The molecule has 0 saturated carbocycles. The average molecular weight is 210 g/mol. The first-order valence-corrected chi connectivity index (χ1v) is 4.32. The third-order valence-corrected chi connectivity index (χ3v) is 1.67. The number of nitrogens with zero attached hydrogens (tertiary/aromatic N) is 1. The quantitative estimate of drug-likeness (QED) is 0.474. The maximum absolute atomic E-state index is 9.75. The third kappa shape index (κ3) is 7.70. The van der Waals surface area contributed by atoms with Crippen LogP contribution in [0.5, 0.6) is 0 Å². The second-order valence-corrected chi connectivity index (χ2v) is 2.79. The summed E-state index contributed by atoms with van der Waals surface area (Å²) in [6, 6.07) is 0.583. The van der Waals surface area contributed by atoms with Crippen LogP contribution >= 0.6 is 0 Å². The predicted molar refractivity (Wildman–Crippen MR) is 50.3 cm³/mol. The van der Waals surface area contributed by atoms with E-state index in [9.17, 15) is 17.3 Å². The van der Waals surface area contributed by atoms with Crippen molar-refractivity contribution in [1.82, 2.24) is 4.90 Å².